The first-order valence-electron chi connectivity index (χ1n) is 0.775. The number of hydrogen-bond acceptors (Lipinski definition) is 3. The molecule has 0 aromatic heterocycles. The van der Waals surface area contributed by atoms with E-state index in [-0.39, 0.29) is 35.9 Å². The predicted molar refractivity (Wildman–Crippen MR) is 23.3 cm³/mol. The molecular weight excluding hydrogens is 172 g/mol. The SMILES string of the molecule is O.O.O.OB(O)O.[Zn]. The summed E-state index contributed by atoms with van der Waals surface area (Å²) in [5.41, 5.74) is 0. The Bertz CT molecular complexity index is 13.2. The standard InChI is InChI=1S/BH3O3.3H2O.Zn/c2-1(3)4;;;;/h2-4H;3*1H2;. The van der Waals surface area contributed by atoms with Crippen molar-refractivity contribution in [1.29, 1.82) is 0 Å². The number of rotatable bonds is 0. The van der Waals surface area contributed by atoms with Gasteiger partial charge in [-0.05, 0) is 0 Å². The van der Waals surface area contributed by atoms with Gasteiger partial charge in [-0.25, -0.2) is 0 Å². The van der Waals surface area contributed by atoms with Gasteiger partial charge >= 0.3 is 7.32 Å². The topological polar surface area (TPSA) is 155 Å². The summed E-state index contributed by atoms with van der Waals surface area (Å²) in [5, 5.41) is 21.5. The van der Waals surface area contributed by atoms with Crippen molar-refractivity contribution in [3.05, 3.63) is 0 Å². The van der Waals surface area contributed by atoms with Crippen LogP contribution in [0.25, 0.3) is 0 Å². The molecule has 0 bridgehead atoms. The van der Waals surface area contributed by atoms with Gasteiger partial charge in [0.25, 0.3) is 0 Å². The monoisotopic (exact) mass is 180 g/mol. The molecule has 0 unspecified atom stereocenters. The molecule has 0 aliphatic heterocycles. The molecule has 0 aromatic rings. The molecule has 8 heavy (non-hydrogen) atoms. The van der Waals surface area contributed by atoms with Crippen molar-refractivity contribution < 1.29 is 51.0 Å². The second-order valence-electron chi connectivity index (χ2n) is 0.346. The van der Waals surface area contributed by atoms with Gasteiger partial charge in [-0.1, -0.05) is 0 Å². The first kappa shape index (κ1) is 39.4. The van der Waals surface area contributed by atoms with E-state index in [9.17, 15) is 0 Å². The minimum Gasteiger partial charge on any atom is -0.412 e. The summed E-state index contributed by atoms with van der Waals surface area (Å²) in [6, 6.07) is 0. The smallest absolute Gasteiger partial charge is 0.412 e. The maximum Gasteiger partial charge on any atom is 0.631 e. The Labute approximate surface area is 59.0 Å². The second kappa shape index (κ2) is 26.0. The molecule has 6 nitrogen and oxygen atoms in total. The Morgan fingerprint density at radius 1 is 0.750 bits per heavy atom. The van der Waals surface area contributed by atoms with Crippen LogP contribution in [-0.4, -0.2) is 38.8 Å². The quantitative estimate of drug-likeness (QED) is 0.322. The normalized spacial score (nSPS) is 3.38. The van der Waals surface area contributed by atoms with Crippen molar-refractivity contribution in [2.45, 2.75) is 0 Å². The molecule has 0 aliphatic carbocycles. The number of hydrogen-bond donors (Lipinski definition) is 3. The van der Waals surface area contributed by atoms with E-state index in [0.29, 0.717) is 0 Å². The molecule has 0 radical (unpaired) electrons. The van der Waals surface area contributed by atoms with Gasteiger partial charge in [-0.3, -0.25) is 0 Å². The van der Waals surface area contributed by atoms with E-state index in [1.54, 1.807) is 0 Å². The minimum atomic E-state index is -2.17. The molecule has 0 saturated heterocycles. The van der Waals surface area contributed by atoms with Crippen LogP contribution in [0.2, 0.25) is 0 Å². The summed E-state index contributed by atoms with van der Waals surface area (Å²) in [5.74, 6) is 0. The van der Waals surface area contributed by atoms with Crippen molar-refractivity contribution in [3.63, 3.8) is 0 Å². The predicted octanol–water partition coefficient (Wildman–Crippen LogP) is -4.53. The van der Waals surface area contributed by atoms with Gasteiger partial charge in [0.1, 0.15) is 0 Å². The van der Waals surface area contributed by atoms with Crippen molar-refractivity contribution in [1.82, 2.24) is 0 Å². The summed E-state index contributed by atoms with van der Waals surface area (Å²) < 4.78 is 0. The zero-order chi connectivity index (χ0) is 3.58. The first-order valence-corrected chi connectivity index (χ1v) is 0.775. The van der Waals surface area contributed by atoms with Crippen LogP contribution in [0.1, 0.15) is 0 Å². The van der Waals surface area contributed by atoms with Crippen LogP contribution in [-0.2, 0) is 19.5 Å². The Morgan fingerprint density at radius 3 is 0.750 bits per heavy atom. The fourth-order valence-corrected chi connectivity index (χ4v) is 0. The molecule has 0 rings (SSSR count). The maximum absolute atomic E-state index is 7.17. The molecular formula is H9BO6Zn. The van der Waals surface area contributed by atoms with Crippen molar-refractivity contribution >= 4 is 7.32 Å². The Kier molecular flexibility index (Phi) is 128. The van der Waals surface area contributed by atoms with Gasteiger partial charge in [0, 0.05) is 19.5 Å². The van der Waals surface area contributed by atoms with E-state index in [4.69, 9.17) is 15.1 Å². The third-order valence-electron chi connectivity index (χ3n) is 0. The van der Waals surface area contributed by atoms with Gasteiger partial charge in [0.15, 0.2) is 0 Å². The molecule has 0 amide bonds. The molecule has 0 aromatic carbocycles. The minimum absolute atomic E-state index is 0. The Hall–Kier alpha value is 0.448. The van der Waals surface area contributed by atoms with Gasteiger partial charge in [-0.2, -0.15) is 0 Å². The zero-order valence-corrected chi connectivity index (χ0v) is 7.09. The molecule has 8 heteroatoms. The Balaban J connectivity index is -0.00000000750. The summed E-state index contributed by atoms with van der Waals surface area (Å²) in [6.45, 7) is 0. The molecule has 0 spiro atoms. The van der Waals surface area contributed by atoms with Crippen molar-refractivity contribution in [3.8, 4) is 0 Å². The van der Waals surface area contributed by atoms with Gasteiger partial charge in [0.05, 0.1) is 0 Å². The van der Waals surface area contributed by atoms with Gasteiger partial charge < -0.3 is 31.5 Å². The van der Waals surface area contributed by atoms with Gasteiger partial charge in [-0.15, -0.1) is 0 Å². The molecule has 0 heterocycles. The summed E-state index contributed by atoms with van der Waals surface area (Å²) >= 11 is 0. The summed E-state index contributed by atoms with van der Waals surface area (Å²) in [4.78, 5) is 0. The van der Waals surface area contributed by atoms with Crippen LogP contribution in [0.4, 0.5) is 0 Å². The maximum atomic E-state index is 7.17. The molecule has 0 fully saturated rings. The van der Waals surface area contributed by atoms with Crippen LogP contribution < -0.4 is 0 Å². The molecule has 50 valence electrons. The van der Waals surface area contributed by atoms with E-state index in [1.807, 2.05) is 0 Å². The van der Waals surface area contributed by atoms with Crippen LogP contribution >= 0.6 is 0 Å². The first-order chi connectivity index (χ1) is 1.73. The summed E-state index contributed by atoms with van der Waals surface area (Å²) in [7, 11) is -2.17. The zero-order valence-electron chi connectivity index (χ0n) is 4.13. The third-order valence-corrected chi connectivity index (χ3v) is 0. The van der Waals surface area contributed by atoms with E-state index in [0.717, 1.165) is 0 Å². The largest absolute Gasteiger partial charge is 0.631 e. The van der Waals surface area contributed by atoms with E-state index >= 15 is 0 Å². The van der Waals surface area contributed by atoms with Crippen LogP contribution in [0.3, 0.4) is 0 Å². The fraction of sp³-hybridized carbons (Fsp3) is 0. The summed E-state index contributed by atoms with van der Waals surface area (Å²) in [6.07, 6.45) is 0. The molecule has 0 saturated carbocycles. The van der Waals surface area contributed by atoms with E-state index < -0.39 is 7.32 Å². The molecule has 0 atom stereocenters. The second-order valence-corrected chi connectivity index (χ2v) is 0.346. The molecule has 0 aliphatic rings. The van der Waals surface area contributed by atoms with E-state index in [1.165, 1.54) is 0 Å². The third kappa shape index (κ3) is 952. The van der Waals surface area contributed by atoms with Crippen LogP contribution in [0, 0.1) is 0 Å². The average Bonchev–Trinajstić information content (AvgIpc) is 0.811. The van der Waals surface area contributed by atoms with E-state index in [2.05, 4.69) is 0 Å². The van der Waals surface area contributed by atoms with Gasteiger partial charge in [0.2, 0.25) is 0 Å². The fourth-order valence-electron chi connectivity index (χ4n) is 0. The van der Waals surface area contributed by atoms with Crippen LogP contribution in [0.15, 0.2) is 0 Å². The Morgan fingerprint density at radius 2 is 0.750 bits per heavy atom. The van der Waals surface area contributed by atoms with Crippen LogP contribution in [0.5, 0.6) is 0 Å². The van der Waals surface area contributed by atoms with Crippen molar-refractivity contribution in [2.24, 2.45) is 0 Å². The van der Waals surface area contributed by atoms with Crippen molar-refractivity contribution in [2.75, 3.05) is 0 Å². The average molecular weight is 181 g/mol. The molecule has 9 N–H and O–H groups in total.